The molecule has 1 aromatic carbocycles. The van der Waals surface area contributed by atoms with Crippen molar-refractivity contribution in [2.24, 2.45) is 5.73 Å². The summed E-state index contributed by atoms with van der Waals surface area (Å²) in [7, 11) is 0. The van der Waals surface area contributed by atoms with Crippen LogP contribution < -0.4 is 11.1 Å². The minimum atomic E-state index is -0.948. The molecule has 0 aromatic heterocycles. The maximum atomic E-state index is 11.7. The monoisotopic (exact) mass is 278 g/mol. The average molecular weight is 278 g/mol. The third kappa shape index (κ3) is 5.84. The van der Waals surface area contributed by atoms with Crippen LogP contribution in [0.1, 0.15) is 38.2 Å². The van der Waals surface area contributed by atoms with E-state index >= 15 is 0 Å². The third-order valence-electron chi connectivity index (χ3n) is 3.00. The SMILES string of the molecule is CC(C)(N)CCC(=O)NCC(C(=O)O)c1ccccc1. The van der Waals surface area contributed by atoms with E-state index in [2.05, 4.69) is 5.32 Å². The molecule has 1 unspecified atom stereocenters. The molecule has 1 aromatic rings. The van der Waals surface area contributed by atoms with Gasteiger partial charge in [0.1, 0.15) is 0 Å². The largest absolute Gasteiger partial charge is 0.481 e. The molecule has 0 heterocycles. The molecule has 5 heteroatoms. The Morgan fingerprint density at radius 3 is 2.40 bits per heavy atom. The van der Waals surface area contributed by atoms with Crippen LogP contribution in [0, 0.1) is 0 Å². The Bertz CT molecular complexity index is 452. The lowest BCUT2D eigenvalue weighted by Crippen LogP contribution is -2.36. The number of carboxylic acids is 1. The second-order valence-electron chi connectivity index (χ2n) is 5.59. The molecule has 1 atom stereocenters. The number of rotatable bonds is 7. The summed E-state index contributed by atoms with van der Waals surface area (Å²) < 4.78 is 0. The van der Waals surface area contributed by atoms with Crippen LogP contribution in [-0.2, 0) is 9.59 Å². The van der Waals surface area contributed by atoms with E-state index in [-0.39, 0.29) is 12.5 Å². The van der Waals surface area contributed by atoms with Crippen LogP contribution in [0.5, 0.6) is 0 Å². The maximum absolute atomic E-state index is 11.7. The van der Waals surface area contributed by atoms with Crippen molar-refractivity contribution >= 4 is 11.9 Å². The summed E-state index contributed by atoms with van der Waals surface area (Å²) in [5, 5.41) is 11.9. The number of amides is 1. The fraction of sp³-hybridized carbons (Fsp3) is 0.467. The summed E-state index contributed by atoms with van der Waals surface area (Å²) in [6, 6.07) is 8.88. The highest BCUT2D eigenvalue weighted by molar-refractivity contribution is 5.79. The standard InChI is InChI=1S/C15H22N2O3/c1-15(2,16)9-8-13(18)17-10-12(14(19)20)11-6-4-3-5-7-11/h3-7,12H,8-10,16H2,1-2H3,(H,17,18)(H,19,20). The number of nitrogens with two attached hydrogens (primary N) is 1. The number of benzene rings is 1. The number of nitrogens with one attached hydrogen (secondary N) is 1. The maximum Gasteiger partial charge on any atom is 0.312 e. The van der Waals surface area contributed by atoms with Crippen molar-refractivity contribution in [3.63, 3.8) is 0 Å². The minimum Gasteiger partial charge on any atom is -0.481 e. The van der Waals surface area contributed by atoms with E-state index < -0.39 is 17.4 Å². The number of carbonyl (C=O) groups excluding carboxylic acids is 1. The number of aliphatic carboxylic acids is 1. The summed E-state index contributed by atoms with van der Waals surface area (Å²) in [5.41, 5.74) is 6.09. The first-order valence-electron chi connectivity index (χ1n) is 6.63. The van der Waals surface area contributed by atoms with Gasteiger partial charge in [0.25, 0.3) is 0 Å². The van der Waals surface area contributed by atoms with Crippen molar-refractivity contribution < 1.29 is 14.7 Å². The molecule has 0 saturated heterocycles. The molecule has 0 aliphatic heterocycles. The van der Waals surface area contributed by atoms with Gasteiger partial charge < -0.3 is 16.2 Å². The first-order chi connectivity index (χ1) is 9.29. The zero-order valence-electron chi connectivity index (χ0n) is 11.9. The molecule has 110 valence electrons. The molecule has 0 saturated carbocycles. The molecule has 1 rings (SSSR count). The van der Waals surface area contributed by atoms with Gasteiger partial charge in [-0.1, -0.05) is 30.3 Å². The van der Waals surface area contributed by atoms with E-state index in [9.17, 15) is 14.7 Å². The Morgan fingerprint density at radius 1 is 1.30 bits per heavy atom. The fourth-order valence-corrected chi connectivity index (χ4v) is 1.77. The number of hydrogen-bond donors (Lipinski definition) is 3. The van der Waals surface area contributed by atoms with E-state index in [1.165, 1.54) is 0 Å². The third-order valence-corrected chi connectivity index (χ3v) is 3.00. The highest BCUT2D eigenvalue weighted by Crippen LogP contribution is 2.15. The first-order valence-corrected chi connectivity index (χ1v) is 6.63. The smallest absolute Gasteiger partial charge is 0.312 e. The Kier molecular flexibility index (Phi) is 5.70. The van der Waals surface area contributed by atoms with Crippen molar-refractivity contribution in [3.05, 3.63) is 35.9 Å². The molecule has 4 N–H and O–H groups in total. The van der Waals surface area contributed by atoms with E-state index in [0.717, 1.165) is 0 Å². The van der Waals surface area contributed by atoms with Crippen LogP contribution in [0.2, 0.25) is 0 Å². The van der Waals surface area contributed by atoms with Gasteiger partial charge in [0.15, 0.2) is 0 Å². The van der Waals surface area contributed by atoms with Crippen molar-refractivity contribution in [1.29, 1.82) is 0 Å². The highest BCUT2D eigenvalue weighted by atomic mass is 16.4. The first kappa shape index (κ1) is 16.2. The second kappa shape index (κ2) is 7.05. The number of carboxylic acid groups (broad SMARTS) is 1. The Balaban J connectivity index is 2.52. The molecule has 0 radical (unpaired) electrons. The zero-order valence-corrected chi connectivity index (χ0v) is 11.9. The quantitative estimate of drug-likeness (QED) is 0.704. The minimum absolute atomic E-state index is 0.0865. The van der Waals surface area contributed by atoms with Crippen LogP contribution in [-0.4, -0.2) is 29.1 Å². The number of hydrogen-bond acceptors (Lipinski definition) is 3. The van der Waals surface area contributed by atoms with Crippen LogP contribution in [0.3, 0.4) is 0 Å². The lowest BCUT2D eigenvalue weighted by Gasteiger charge is -2.18. The Morgan fingerprint density at radius 2 is 1.90 bits per heavy atom. The van der Waals surface area contributed by atoms with Crippen molar-refractivity contribution in [1.82, 2.24) is 5.32 Å². The molecule has 20 heavy (non-hydrogen) atoms. The molecule has 1 amide bonds. The lowest BCUT2D eigenvalue weighted by molar-refractivity contribution is -0.138. The van der Waals surface area contributed by atoms with Crippen LogP contribution >= 0.6 is 0 Å². The molecular formula is C15H22N2O3. The van der Waals surface area contributed by atoms with E-state index in [0.29, 0.717) is 18.4 Å². The van der Waals surface area contributed by atoms with Crippen LogP contribution in [0.25, 0.3) is 0 Å². The predicted molar refractivity (Wildman–Crippen MR) is 77.3 cm³/mol. The van der Waals surface area contributed by atoms with Crippen LogP contribution in [0.4, 0.5) is 0 Å². The molecule has 0 aliphatic rings. The van der Waals surface area contributed by atoms with Crippen LogP contribution in [0.15, 0.2) is 30.3 Å². The lowest BCUT2D eigenvalue weighted by atomic mass is 9.98. The van der Waals surface area contributed by atoms with Gasteiger partial charge in [0.2, 0.25) is 5.91 Å². The van der Waals surface area contributed by atoms with Crippen molar-refractivity contribution in [2.75, 3.05) is 6.54 Å². The Hall–Kier alpha value is -1.88. The molecule has 0 bridgehead atoms. The number of carbonyl (C=O) groups is 2. The zero-order chi connectivity index (χ0) is 15.2. The average Bonchev–Trinajstić information content (AvgIpc) is 2.36. The van der Waals surface area contributed by atoms with Gasteiger partial charge in [-0.15, -0.1) is 0 Å². The molecule has 0 spiro atoms. The van der Waals surface area contributed by atoms with Gasteiger partial charge in [-0.2, -0.15) is 0 Å². The van der Waals surface area contributed by atoms with Gasteiger partial charge in [-0.25, -0.2) is 0 Å². The summed E-state index contributed by atoms with van der Waals surface area (Å²) in [4.78, 5) is 22.9. The molecule has 0 aliphatic carbocycles. The highest BCUT2D eigenvalue weighted by Gasteiger charge is 2.21. The predicted octanol–water partition coefficient (Wildman–Crippen LogP) is 1.49. The second-order valence-corrected chi connectivity index (χ2v) is 5.59. The van der Waals surface area contributed by atoms with Gasteiger partial charge in [0, 0.05) is 18.5 Å². The van der Waals surface area contributed by atoms with E-state index in [1.54, 1.807) is 24.3 Å². The molecule has 0 fully saturated rings. The normalized spacial score (nSPS) is 12.8. The Labute approximate surface area is 119 Å². The van der Waals surface area contributed by atoms with Crippen molar-refractivity contribution in [3.8, 4) is 0 Å². The van der Waals surface area contributed by atoms with Gasteiger partial charge in [-0.3, -0.25) is 9.59 Å². The van der Waals surface area contributed by atoms with E-state index in [1.807, 2.05) is 19.9 Å². The summed E-state index contributed by atoms with van der Waals surface area (Å²) >= 11 is 0. The molecular weight excluding hydrogens is 256 g/mol. The van der Waals surface area contributed by atoms with Crippen molar-refractivity contribution in [2.45, 2.75) is 38.1 Å². The topological polar surface area (TPSA) is 92.4 Å². The summed E-state index contributed by atoms with van der Waals surface area (Å²) in [6.07, 6.45) is 0.854. The van der Waals surface area contributed by atoms with Gasteiger partial charge in [-0.05, 0) is 25.8 Å². The van der Waals surface area contributed by atoms with Gasteiger partial charge in [0.05, 0.1) is 5.92 Å². The molecule has 5 nitrogen and oxygen atoms in total. The van der Waals surface area contributed by atoms with E-state index in [4.69, 9.17) is 5.73 Å². The van der Waals surface area contributed by atoms with Gasteiger partial charge >= 0.3 is 5.97 Å². The summed E-state index contributed by atoms with van der Waals surface area (Å²) in [6.45, 7) is 3.79. The summed E-state index contributed by atoms with van der Waals surface area (Å²) in [5.74, 6) is -1.85. The fourth-order valence-electron chi connectivity index (χ4n) is 1.77.